The van der Waals surface area contributed by atoms with E-state index in [0.29, 0.717) is 13.2 Å². The quantitative estimate of drug-likeness (QED) is 0.193. The molecule has 31 heavy (non-hydrogen) atoms. The van der Waals surface area contributed by atoms with Crippen LogP contribution >= 0.6 is 35.3 Å². The number of aliphatic imine (C=N–C) groups is 1. The Balaban J connectivity index is 0.00000341. The van der Waals surface area contributed by atoms with Gasteiger partial charge in [0.2, 0.25) is 0 Å². The van der Waals surface area contributed by atoms with Crippen molar-refractivity contribution >= 4 is 41.3 Å². The van der Waals surface area contributed by atoms with Gasteiger partial charge >= 0.3 is 0 Å². The van der Waals surface area contributed by atoms with E-state index in [2.05, 4.69) is 53.0 Å². The molecule has 0 aliphatic carbocycles. The Labute approximate surface area is 207 Å². The van der Waals surface area contributed by atoms with E-state index in [1.165, 1.54) is 10.6 Å². The molecule has 2 heterocycles. The molecule has 1 aliphatic heterocycles. The van der Waals surface area contributed by atoms with Crippen molar-refractivity contribution in [2.75, 3.05) is 26.3 Å². The molecule has 0 amide bonds. The highest BCUT2D eigenvalue weighted by Gasteiger charge is 2.17. The summed E-state index contributed by atoms with van der Waals surface area (Å²) in [6.07, 6.45) is 4.43. The summed E-state index contributed by atoms with van der Waals surface area (Å²) < 4.78 is 11.8. The Morgan fingerprint density at radius 3 is 2.90 bits per heavy atom. The van der Waals surface area contributed by atoms with Crippen LogP contribution in [0.2, 0.25) is 0 Å². The molecule has 1 fully saturated rings. The van der Waals surface area contributed by atoms with Gasteiger partial charge < -0.3 is 20.1 Å². The van der Waals surface area contributed by atoms with E-state index >= 15 is 0 Å². The number of aryl methyl sites for hydroxylation is 3. The molecule has 2 aromatic rings. The van der Waals surface area contributed by atoms with Crippen LogP contribution in [0.15, 0.2) is 28.6 Å². The first-order valence-corrected chi connectivity index (χ1v) is 11.8. The van der Waals surface area contributed by atoms with Gasteiger partial charge in [-0.25, -0.2) is 9.98 Å². The number of nitrogens with zero attached hydrogens (tertiary/aromatic N) is 2. The predicted octanol–water partition coefficient (Wildman–Crippen LogP) is 4.62. The molecule has 1 aliphatic rings. The lowest BCUT2D eigenvalue weighted by molar-refractivity contribution is 0.0676. The van der Waals surface area contributed by atoms with Gasteiger partial charge in [0.15, 0.2) is 5.96 Å². The predicted molar refractivity (Wildman–Crippen MR) is 139 cm³/mol. The van der Waals surface area contributed by atoms with Gasteiger partial charge in [-0.15, -0.1) is 35.3 Å². The van der Waals surface area contributed by atoms with E-state index in [-0.39, 0.29) is 30.1 Å². The van der Waals surface area contributed by atoms with Crippen molar-refractivity contribution in [1.29, 1.82) is 0 Å². The number of aromatic nitrogens is 1. The largest absolute Gasteiger partial charge is 0.491 e. The summed E-state index contributed by atoms with van der Waals surface area (Å²) in [5, 5.41) is 10.1. The van der Waals surface area contributed by atoms with Crippen LogP contribution < -0.4 is 15.4 Å². The van der Waals surface area contributed by atoms with Crippen molar-refractivity contribution in [3.8, 4) is 5.75 Å². The van der Waals surface area contributed by atoms with E-state index in [1.807, 2.05) is 6.92 Å². The lowest BCUT2D eigenvalue weighted by Gasteiger charge is -2.15. The molecule has 2 N–H and O–H groups in total. The van der Waals surface area contributed by atoms with Gasteiger partial charge in [0.25, 0.3) is 0 Å². The molecule has 6 nitrogen and oxygen atoms in total. The molecule has 1 saturated heterocycles. The second-order valence-electron chi connectivity index (χ2n) is 7.67. The number of benzene rings is 1. The van der Waals surface area contributed by atoms with Crippen LogP contribution in [0.25, 0.3) is 0 Å². The van der Waals surface area contributed by atoms with Crippen LogP contribution in [0.4, 0.5) is 0 Å². The summed E-state index contributed by atoms with van der Waals surface area (Å²) in [6, 6.07) is 6.31. The van der Waals surface area contributed by atoms with Crippen molar-refractivity contribution in [1.82, 2.24) is 15.6 Å². The summed E-state index contributed by atoms with van der Waals surface area (Å²) >= 11 is 1.73. The van der Waals surface area contributed by atoms with Crippen molar-refractivity contribution < 1.29 is 9.47 Å². The van der Waals surface area contributed by atoms with E-state index in [4.69, 9.17) is 14.5 Å². The van der Waals surface area contributed by atoms with Crippen LogP contribution in [0.3, 0.4) is 0 Å². The summed E-state index contributed by atoms with van der Waals surface area (Å²) in [5.74, 6) is 1.74. The average molecular weight is 559 g/mol. The van der Waals surface area contributed by atoms with Crippen molar-refractivity contribution in [2.24, 2.45) is 4.99 Å². The molecule has 0 radical (unpaired) electrons. The molecule has 0 saturated carbocycles. The van der Waals surface area contributed by atoms with Crippen LogP contribution in [-0.2, 0) is 17.7 Å². The molecule has 172 valence electrons. The van der Waals surface area contributed by atoms with E-state index in [0.717, 1.165) is 68.3 Å². The first kappa shape index (κ1) is 25.9. The van der Waals surface area contributed by atoms with Crippen LogP contribution in [0.5, 0.6) is 5.75 Å². The molecule has 8 heteroatoms. The second kappa shape index (κ2) is 13.9. The zero-order valence-electron chi connectivity index (χ0n) is 18.8. The Morgan fingerprint density at radius 1 is 1.32 bits per heavy atom. The van der Waals surface area contributed by atoms with E-state index in [9.17, 15) is 0 Å². The maximum atomic E-state index is 6.10. The SMILES string of the molecule is CCNC(=NCc1ccc(C)cc1OCC1CCCO1)NCCCc1nc(C)cs1.I. The molecule has 1 aromatic carbocycles. The molecule has 1 aromatic heterocycles. The first-order chi connectivity index (χ1) is 14.6. The fraction of sp³-hybridized carbons (Fsp3) is 0.565. The maximum Gasteiger partial charge on any atom is 0.191 e. The van der Waals surface area contributed by atoms with E-state index < -0.39 is 0 Å². The number of nitrogens with one attached hydrogen (secondary N) is 2. The highest BCUT2D eigenvalue weighted by molar-refractivity contribution is 14.0. The normalized spacial score (nSPS) is 16.1. The number of guanidine groups is 1. The third-order valence-corrected chi connectivity index (χ3v) is 5.98. The van der Waals surface area contributed by atoms with Gasteiger partial charge in [-0.2, -0.15) is 0 Å². The Kier molecular flexibility index (Phi) is 11.6. The standard InChI is InChI=1S/C23H34N4O2S.HI/c1-4-24-23(25-11-5-8-22-27-18(3)16-30-22)26-14-19-10-9-17(2)13-21(19)29-15-20-7-6-12-28-20;/h9-10,13,16,20H,4-8,11-12,14-15H2,1-3H3,(H2,24,25,26);1H. The highest BCUT2D eigenvalue weighted by Crippen LogP contribution is 2.23. The zero-order chi connectivity index (χ0) is 21.2. The third kappa shape index (κ3) is 8.94. The number of hydrogen-bond donors (Lipinski definition) is 2. The highest BCUT2D eigenvalue weighted by atomic mass is 127. The Bertz CT molecular complexity index is 822. The minimum Gasteiger partial charge on any atom is -0.491 e. The lowest BCUT2D eigenvalue weighted by atomic mass is 10.1. The molecule has 0 bridgehead atoms. The van der Waals surface area contributed by atoms with Gasteiger partial charge in [-0.3, -0.25) is 0 Å². The van der Waals surface area contributed by atoms with Crippen molar-refractivity contribution in [3.05, 3.63) is 45.4 Å². The fourth-order valence-electron chi connectivity index (χ4n) is 3.36. The minimum absolute atomic E-state index is 0. The molecular weight excluding hydrogens is 523 g/mol. The molecule has 1 atom stereocenters. The second-order valence-corrected chi connectivity index (χ2v) is 8.61. The maximum absolute atomic E-state index is 6.10. The van der Waals surface area contributed by atoms with Gasteiger partial charge in [0, 0.05) is 42.8 Å². The van der Waals surface area contributed by atoms with Gasteiger partial charge in [0.1, 0.15) is 12.4 Å². The molecular formula is C23H35IN4O2S. The Morgan fingerprint density at radius 2 is 2.19 bits per heavy atom. The van der Waals surface area contributed by atoms with Gasteiger partial charge in [-0.05, 0) is 51.7 Å². The fourth-order valence-corrected chi connectivity index (χ4v) is 4.17. The van der Waals surface area contributed by atoms with Crippen LogP contribution in [-0.4, -0.2) is 43.4 Å². The Hall–Kier alpha value is -1.39. The monoisotopic (exact) mass is 558 g/mol. The van der Waals surface area contributed by atoms with Crippen molar-refractivity contribution in [3.63, 3.8) is 0 Å². The number of rotatable bonds is 10. The lowest BCUT2D eigenvalue weighted by Crippen LogP contribution is -2.37. The zero-order valence-corrected chi connectivity index (χ0v) is 21.9. The van der Waals surface area contributed by atoms with Crippen LogP contribution in [0, 0.1) is 13.8 Å². The number of thiazole rings is 1. The number of hydrogen-bond acceptors (Lipinski definition) is 5. The molecule has 1 unspecified atom stereocenters. The number of ether oxygens (including phenoxy) is 2. The topological polar surface area (TPSA) is 67.8 Å². The smallest absolute Gasteiger partial charge is 0.191 e. The van der Waals surface area contributed by atoms with Gasteiger partial charge in [-0.1, -0.05) is 12.1 Å². The summed E-state index contributed by atoms with van der Waals surface area (Å²) in [4.78, 5) is 9.30. The molecule has 3 rings (SSSR count). The first-order valence-electron chi connectivity index (χ1n) is 10.9. The minimum atomic E-state index is 0. The number of halogens is 1. The summed E-state index contributed by atoms with van der Waals surface area (Å²) in [6.45, 7) is 9.92. The summed E-state index contributed by atoms with van der Waals surface area (Å²) in [7, 11) is 0. The molecule has 0 spiro atoms. The third-order valence-electron chi connectivity index (χ3n) is 4.95. The van der Waals surface area contributed by atoms with Gasteiger partial charge in [0.05, 0.1) is 17.7 Å². The average Bonchev–Trinajstić information content (AvgIpc) is 3.40. The van der Waals surface area contributed by atoms with E-state index in [1.54, 1.807) is 11.3 Å². The van der Waals surface area contributed by atoms with Crippen LogP contribution in [0.1, 0.15) is 48.0 Å². The summed E-state index contributed by atoms with van der Waals surface area (Å²) in [5.41, 5.74) is 3.38. The van der Waals surface area contributed by atoms with Crippen molar-refractivity contribution in [2.45, 2.75) is 59.1 Å².